The summed E-state index contributed by atoms with van der Waals surface area (Å²) >= 11 is 3.50. The molecule has 4 heteroatoms. The van der Waals surface area contributed by atoms with E-state index in [-0.39, 0.29) is 18.0 Å². The van der Waals surface area contributed by atoms with Crippen LogP contribution in [-0.4, -0.2) is 23.4 Å². The number of carbonyl (C=O) groups excluding carboxylic acids is 1. The topological polar surface area (TPSA) is 46.3 Å². The van der Waals surface area contributed by atoms with Crippen LogP contribution >= 0.6 is 15.9 Å². The Bertz CT molecular complexity index is 448. The maximum absolute atomic E-state index is 12.3. The van der Waals surface area contributed by atoms with Crippen LogP contribution in [0.1, 0.15) is 44.2 Å². The lowest BCUT2D eigenvalue weighted by Crippen LogP contribution is -2.31. The standard InChI is InChI=1S/C15H21BrN2O/c1-11(17)7-8-15(19)18-9-3-6-14(18)12-4-2-5-13(16)10-12/h2,4-5,10-11,14H,3,6-9,17H2,1H3. The molecule has 0 aromatic heterocycles. The Balaban J connectivity index is 2.06. The van der Waals surface area contributed by atoms with Gasteiger partial charge in [0.1, 0.15) is 0 Å². The summed E-state index contributed by atoms with van der Waals surface area (Å²) in [7, 11) is 0. The molecule has 0 radical (unpaired) electrons. The van der Waals surface area contributed by atoms with E-state index in [9.17, 15) is 4.79 Å². The van der Waals surface area contributed by atoms with Gasteiger partial charge in [0.05, 0.1) is 6.04 Å². The molecule has 2 N–H and O–H groups in total. The first-order valence-corrected chi connectivity index (χ1v) is 7.67. The number of hydrogen-bond acceptors (Lipinski definition) is 2. The summed E-state index contributed by atoms with van der Waals surface area (Å²) in [5.41, 5.74) is 6.95. The molecule has 2 atom stereocenters. The summed E-state index contributed by atoms with van der Waals surface area (Å²) in [6.07, 6.45) is 3.46. The first kappa shape index (κ1) is 14.5. The van der Waals surface area contributed by atoms with Crippen molar-refractivity contribution in [3.05, 3.63) is 34.3 Å². The Morgan fingerprint density at radius 3 is 3.05 bits per heavy atom. The molecular weight excluding hydrogens is 304 g/mol. The highest BCUT2D eigenvalue weighted by Gasteiger charge is 2.29. The van der Waals surface area contributed by atoms with Crippen LogP contribution in [0.4, 0.5) is 0 Å². The van der Waals surface area contributed by atoms with E-state index in [1.165, 1.54) is 5.56 Å². The summed E-state index contributed by atoms with van der Waals surface area (Å²) < 4.78 is 1.07. The Morgan fingerprint density at radius 2 is 2.37 bits per heavy atom. The number of carbonyl (C=O) groups is 1. The Labute approximate surface area is 123 Å². The number of amides is 1. The van der Waals surface area contributed by atoms with E-state index in [0.29, 0.717) is 6.42 Å². The van der Waals surface area contributed by atoms with Gasteiger partial charge in [-0.3, -0.25) is 4.79 Å². The maximum atomic E-state index is 12.3. The van der Waals surface area contributed by atoms with Crippen molar-refractivity contribution in [3.63, 3.8) is 0 Å². The summed E-state index contributed by atoms with van der Waals surface area (Å²) in [5.74, 6) is 0.236. The fourth-order valence-electron chi connectivity index (χ4n) is 2.62. The average Bonchev–Trinajstić information content (AvgIpc) is 2.85. The molecule has 2 unspecified atom stereocenters. The number of nitrogens with two attached hydrogens (primary N) is 1. The van der Waals surface area contributed by atoms with Crippen molar-refractivity contribution in [1.82, 2.24) is 4.90 Å². The molecule has 1 aromatic rings. The molecule has 2 rings (SSSR count). The number of nitrogens with zero attached hydrogens (tertiary/aromatic N) is 1. The second kappa shape index (κ2) is 6.53. The van der Waals surface area contributed by atoms with Crippen LogP contribution in [0.25, 0.3) is 0 Å². The molecule has 3 nitrogen and oxygen atoms in total. The minimum absolute atomic E-state index is 0.0934. The molecule has 1 aromatic carbocycles. The minimum Gasteiger partial charge on any atom is -0.336 e. The quantitative estimate of drug-likeness (QED) is 0.924. The Morgan fingerprint density at radius 1 is 1.58 bits per heavy atom. The zero-order valence-electron chi connectivity index (χ0n) is 11.3. The molecule has 0 aliphatic carbocycles. The van der Waals surface area contributed by atoms with Crippen LogP contribution in [0.2, 0.25) is 0 Å². The second-order valence-electron chi connectivity index (χ2n) is 5.32. The highest BCUT2D eigenvalue weighted by Crippen LogP contribution is 2.33. The van der Waals surface area contributed by atoms with E-state index >= 15 is 0 Å². The number of halogens is 1. The van der Waals surface area contributed by atoms with E-state index in [0.717, 1.165) is 30.3 Å². The van der Waals surface area contributed by atoms with Crippen LogP contribution in [0, 0.1) is 0 Å². The van der Waals surface area contributed by atoms with Crippen molar-refractivity contribution < 1.29 is 4.79 Å². The predicted octanol–water partition coefficient (Wildman–Crippen LogP) is 3.24. The van der Waals surface area contributed by atoms with Gasteiger partial charge in [-0.15, -0.1) is 0 Å². The van der Waals surface area contributed by atoms with Crippen molar-refractivity contribution in [2.75, 3.05) is 6.54 Å². The van der Waals surface area contributed by atoms with Gasteiger partial charge in [0, 0.05) is 23.5 Å². The molecule has 0 spiro atoms. The highest BCUT2D eigenvalue weighted by molar-refractivity contribution is 9.10. The zero-order valence-corrected chi connectivity index (χ0v) is 12.9. The zero-order chi connectivity index (χ0) is 13.8. The highest BCUT2D eigenvalue weighted by atomic mass is 79.9. The van der Waals surface area contributed by atoms with Crippen LogP contribution in [0.15, 0.2) is 28.7 Å². The minimum atomic E-state index is 0.0934. The van der Waals surface area contributed by atoms with Crippen molar-refractivity contribution >= 4 is 21.8 Å². The third kappa shape index (κ3) is 3.80. The first-order valence-electron chi connectivity index (χ1n) is 6.88. The van der Waals surface area contributed by atoms with E-state index in [1.54, 1.807) is 0 Å². The van der Waals surface area contributed by atoms with Crippen LogP contribution in [-0.2, 0) is 4.79 Å². The van der Waals surface area contributed by atoms with Gasteiger partial charge in [-0.05, 0) is 43.9 Å². The van der Waals surface area contributed by atoms with Gasteiger partial charge in [0.25, 0.3) is 0 Å². The molecule has 1 amide bonds. The summed E-state index contributed by atoms with van der Waals surface area (Å²) in [6.45, 7) is 2.82. The third-order valence-corrected chi connectivity index (χ3v) is 4.11. The summed E-state index contributed by atoms with van der Waals surface area (Å²) in [6, 6.07) is 8.59. The van der Waals surface area contributed by atoms with Crippen molar-refractivity contribution in [1.29, 1.82) is 0 Å². The molecule has 1 fully saturated rings. The number of hydrogen-bond donors (Lipinski definition) is 1. The molecule has 1 aliphatic heterocycles. The lowest BCUT2D eigenvalue weighted by Gasteiger charge is -2.25. The third-order valence-electron chi connectivity index (χ3n) is 3.62. The van der Waals surface area contributed by atoms with Gasteiger partial charge >= 0.3 is 0 Å². The monoisotopic (exact) mass is 324 g/mol. The fraction of sp³-hybridized carbons (Fsp3) is 0.533. The maximum Gasteiger partial charge on any atom is 0.223 e. The van der Waals surface area contributed by atoms with Gasteiger partial charge in [-0.1, -0.05) is 28.1 Å². The normalized spacial score (nSPS) is 20.6. The lowest BCUT2D eigenvalue weighted by atomic mass is 10.0. The van der Waals surface area contributed by atoms with E-state index in [1.807, 2.05) is 24.0 Å². The lowest BCUT2D eigenvalue weighted by molar-refractivity contribution is -0.132. The molecule has 0 saturated carbocycles. The smallest absolute Gasteiger partial charge is 0.223 e. The van der Waals surface area contributed by atoms with Crippen LogP contribution < -0.4 is 5.73 Å². The number of rotatable bonds is 4. The average molecular weight is 325 g/mol. The van der Waals surface area contributed by atoms with Gasteiger partial charge in [0.2, 0.25) is 5.91 Å². The van der Waals surface area contributed by atoms with Crippen molar-refractivity contribution in [2.45, 2.75) is 44.7 Å². The van der Waals surface area contributed by atoms with Gasteiger partial charge in [0.15, 0.2) is 0 Å². The number of benzene rings is 1. The Kier molecular flexibility index (Phi) is 4.99. The van der Waals surface area contributed by atoms with Gasteiger partial charge in [-0.25, -0.2) is 0 Å². The summed E-state index contributed by atoms with van der Waals surface area (Å²) in [5, 5.41) is 0. The molecule has 1 aliphatic rings. The first-order chi connectivity index (χ1) is 9.08. The Hall–Kier alpha value is -0.870. The van der Waals surface area contributed by atoms with Crippen molar-refractivity contribution in [3.8, 4) is 0 Å². The molecule has 1 saturated heterocycles. The molecule has 0 bridgehead atoms. The predicted molar refractivity (Wildman–Crippen MR) is 80.7 cm³/mol. The van der Waals surface area contributed by atoms with Gasteiger partial charge < -0.3 is 10.6 Å². The molecule has 104 valence electrons. The van der Waals surface area contributed by atoms with Crippen molar-refractivity contribution in [2.24, 2.45) is 5.73 Å². The van der Waals surface area contributed by atoms with Crippen LogP contribution in [0.5, 0.6) is 0 Å². The fourth-order valence-corrected chi connectivity index (χ4v) is 3.04. The molecule has 19 heavy (non-hydrogen) atoms. The largest absolute Gasteiger partial charge is 0.336 e. The van der Waals surface area contributed by atoms with Crippen LogP contribution in [0.3, 0.4) is 0 Å². The van der Waals surface area contributed by atoms with Gasteiger partial charge in [-0.2, -0.15) is 0 Å². The molecular formula is C15H21BrN2O. The van der Waals surface area contributed by atoms with E-state index < -0.39 is 0 Å². The molecule has 1 heterocycles. The van der Waals surface area contributed by atoms with E-state index in [4.69, 9.17) is 5.73 Å². The second-order valence-corrected chi connectivity index (χ2v) is 6.23. The SMILES string of the molecule is CC(N)CCC(=O)N1CCCC1c1cccc(Br)c1. The number of likely N-dealkylation sites (tertiary alicyclic amines) is 1. The summed E-state index contributed by atoms with van der Waals surface area (Å²) in [4.78, 5) is 14.3. The van der Waals surface area contributed by atoms with E-state index in [2.05, 4.69) is 28.1 Å².